The summed E-state index contributed by atoms with van der Waals surface area (Å²) >= 11 is 6.10. The van der Waals surface area contributed by atoms with Gasteiger partial charge in [0.05, 0.1) is 29.6 Å². The van der Waals surface area contributed by atoms with E-state index in [9.17, 15) is 4.79 Å². The van der Waals surface area contributed by atoms with Crippen molar-refractivity contribution in [2.24, 2.45) is 5.92 Å². The smallest absolute Gasteiger partial charge is 0.230 e. The third kappa shape index (κ3) is 2.52. The molecule has 0 unspecified atom stereocenters. The van der Waals surface area contributed by atoms with Crippen LogP contribution >= 0.6 is 11.6 Å². The van der Waals surface area contributed by atoms with Crippen molar-refractivity contribution in [3.8, 4) is 11.1 Å². The van der Waals surface area contributed by atoms with Gasteiger partial charge in [0.15, 0.2) is 0 Å². The van der Waals surface area contributed by atoms with Crippen molar-refractivity contribution in [2.45, 2.75) is 38.0 Å². The third-order valence-corrected chi connectivity index (χ3v) is 7.45. The molecule has 1 aromatic heterocycles. The number of aromatic nitrogens is 1. The Balaban J connectivity index is 1.47. The summed E-state index contributed by atoms with van der Waals surface area (Å²) in [6.07, 6.45) is 1.71. The first-order chi connectivity index (χ1) is 14.5. The number of para-hydroxylation sites is 1. The lowest BCUT2D eigenvalue weighted by Crippen LogP contribution is -2.54. The predicted octanol–water partition coefficient (Wildman–Crippen LogP) is 4.57. The van der Waals surface area contributed by atoms with Crippen LogP contribution in [-0.4, -0.2) is 46.6 Å². The number of fused-ring (bicyclic) bond motifs is 6. The van der Waals surface area contributed by atoms with Gasteiger partial charge < -0.3 is 9.88 Å². The van der Waals surface area contributed by atoms with Crippen LogP contribution in [0.5, 0.6) is 0 Å². The van der Waals surface area contributed by atoms with Crippen molar-refractivity contribution in [1.82, 2.24) is 14.9 Å². The molecule has 4 heterocycles. The Labute approximate surface area is 180 Å². The molecule has 0 saturated carbocycles. The van der Waals surface area contributed by atoms with Gasteiger partial charge in [0.2, 0.25) is 5.91 Å². The van der Waals surface area contributed by atoms with Gasteiger partial charge in [-0.15, -0.1) is 0 Å². The molecular weight excluding hydrogens is 398 g/mol. The lowest BCUT2D eigenvalue weighted by molar-refractivity contribution is -0.146. The van der Waals surface area contributed by atoms with Gasteiger partial charge >= 0.3 is 0 Å². The monoisotopic (exact) mass is 421 g/mol. The van der Waals surface area contributed by atoms with Gasteiger partial charge in [-0.1, -0.05) is 41.9 Å². The fraction of sp³-hybridized carbons (Fsp3) is 0.375. The molecule has 0 bridgehead atoms. The number of nitrogens with zero attached hydrogens (tertiary/aromatic N) is 2. The first kappa shape index (κ1) is 18.4. The first-order valence-corrected chi connectivity index (χ1v) is 11.0. The number of aromatic amines is 1. The van der Waals surface area contributed by atoms with Crippen molar-refractivity contribution in [1.29, 1.82) is 0 Å². The molecular formula is C24H24ClN3O2. The number of halogens is 1. The highest BCUT2D eigenvalue weighted by Gasteiger charge is 2.53. The maximum atomic E-state index is 13.3. The van der Waals surface area contributed by atoms with E-state index in [-0.39, 0.29) is 30.0 Å². The second-order valence-corrected chi connectivity index (χ2v) is 9.17. The molecule has 30 heavy (non-hydrogen) atoms. The van der Waals surface area contributed by atoms with Gasteiger partial charge in [-0.2, -0.15) is 5.06 Å². The molecule has 6 heteroatoms. The zero-order valence-corrected chi connectivity index (χ0v) is 17.8. The Morgan fingerprint density at radius 1 is 1.17 bits per heavy atom. The minimum Gasteiger partial charge on any atom is -0.356 e. The number of hydroxylamine groups is 2. The van der Waals surface area contributed by atoms with Crippen molar-refractivity contribution >= 4 is 28.4 Å². The summed E-state index contributed by atoms with van der Waals surface area (Å²) in [7, 11) is 1.96. The van der Waals surface area contributed by atoms with Crippen molar-refractivity contribution in [2.75, 3.05) is 13.6 Å². The van der Waals surface area contributed by atoms with E-state index in [0.717, 1.165) is 35.5 Å². The second kappa shape index (κ2) is 6.58. The summed E-state index contributed by atoms with van der Waals surface area (Å²) in [6, 6.07) is 14.6. The van der Waals surface area contributed by atoms with E-state index >= 15 is 0 Å². The summed E-state index contributed by atoms with van der Waals surface area (Å²) < 4.78 is 0. The normalized spacial score (nSPS) is 28.5. The van der Waals surface area contributed by atoms with E-state index in [1.807, 2.05) is 31.2 Å². The summed E-state index contributed by atoms with van der Waals surface area (Å²) in [5.74, 6) is 0.164. The molecule has 2 fully saturated rings. The molecule has 0 spiro atoms. The number of hydrogen-bond donors (Lipinski definition) is 1. The predicted molar refractivity (Wildman–Crippen MR) is 117 cm³/mol. The van der Waals surface area contributed by atoms with Gasteiger partial charge in [0.25, 0.3) is 0 Å². The fourth-order valence-corrected chi connectivity index (χ4v) is 5.92. The Kier molecular flexibility index (Phi) is 4.04. The van der Waals surface area contributed by atoms with Crippen molar-refractivity contribution in [3.63, 3.8) is 0 Å². The summed E-state index contributed by atoms with van der Waals surface area (Å²) in [4.78, 5) is 25.0. The third-order valence-electron chi connectivity index (χ3n) is 7.19. The highest BCUT2D eigenvalue weighted by Crippen LogP contribution is 2.46. The largest absolute Gasteiger partial charge is 0.356 e. The summed E-state index contributed by atoms with van der Waals surface area (Å²) in [5, 5.41) is 3.90. The molecule has 3 aromatic rings. The Morgan fingerprint density at radius 2 is 1.97 bits per heavy atom. The van der Waals surface area contributed by atoms with E-state index in [1.54, 1.807) is 0 Å². The molecule has 1 N–H and O–H groups in total. The number of rotatable bonds is 1. The molecule has 0 radical (unpaired) electrons. The van der Waals surface area contributed by atoms with E-state index < -0.39 is 0 Å². The molecule has 4 atom stereocenters. The maximum absolute atomic E-state index is 13.3. The molecule has 6 rings (SSSR count). The molecule has 5 nitrogen and oxygen atoms in total. The van der Waals surface area contributed by atoms with Crippen LogP contribution < -0.4 is 0 Å². The number of H-pyrrole nitrogens is 1. The average molecular weight is 422 g/mol. The lowest BCUT2D eigenvalue weighted by Gasteiger charge is -2.44. The number of carbonyl (C=O) groups is 1. The second-order valence-electron chi connectivity index (χ2n) is 8.74. The molecule has 2 aromatic carbocycles. The SMILES string of the molecule is C[C@@H]1ON(C)[C@H]2C[C@H]3c4[nH]c5c(-c6ccc(Cl)cc6)cccc5c4CCN3C(=O)[C@@H]12. The van der Waals surface area contributed by atoms with Crippen LogP contribution in [0.15, 0.2) is 42.5 Å². The van der Waals surface area contributed by atoms with Crippen LogP contribution in [0.25, 0.3) is 22.0 Å². The molecule has 3 aliphatic heterocycles. The van der Waals surface area contributed by atoms with E-state index in [2.05, 4.69) is 40.2 Å². The van der Waals surface area contributed by atoms with E-state index in [1.165, 1.54) is 22.2 Å². The van der Waals surface area contributed by atoms with Gasteiger partial charge in [0, 0.05) is 35.3 Å². The number of hydrogen-bond acceptors (Lipinski definition) is 3. The topological polar surface area (TPSA) is 48.6 Å². The molecule has 154 valence electrons. The minimum absolute atomic E-state index is 0.0610. The maximum Gasteiger partial charge on any atom is 0.230 e. The minimum atomic E-state index is -0.0678. The zero-order chi connectivity index (χ0) is 20.6. The van der Waals surface area contributed by atoms with Crippen LogP contribution in [0.3, 0.4) is 0 Å². The molecule has 2 saturated heterocycles. The number of amides is 1. The van der Waals surface area contributed by atoms with E-state index in [4.69, 9.17) is 16.4 Å². The van der Waals surface area contributed by atoms with Gasteiger partial charge in [0.1, 0.15) is 0 Å². The van der Waals surface area contributed by atoms with Crippen LogP contribution in [0.1, 0.15) is 30.6 Å². The van der Waals surface area contributed by atoms with Crippen LogP contribution in [0, 0.1) is 5.92 Å². The summed E-state index contributed by atoms with van der Waals surface area (Å²) in [5.41, 5.74) is 5.99. The molecule has 1 amide bonds. The van der Waals surface area contributed by atoms with Gasteiger partial charge in [-0.25, -0.2) is 0 Å². The van der Waals surface area contributed by atoms with Gasteiger partial charge in [-0.05, 0) is 43.0 Å². The molecule has 3 aliphatic rings. The lowest BCUT2D eigenvalue weighted by atomic mass is 9.80. The van der Waals surface area contributed by atoms with E-state index in [0.29, 0.717) is 0 Å². The highest BCUT2D eigenvalue weighted by molar-refractivity contribution is 6.30. The number of benzene rings is 2. The van der Waals surface area contributed by atoms with Crippen molar-refractivity contribution < 1.29 is 9.63 Å². The van der Waals surface area contributed by atoms with Crippen LogP contribution in [0.2, 0.25) is 5.02 Å². The highest BCUT2D eigenvalue weighted by atomic mass is 35.5. The average Bonchev–Trinajstić information content (AvgIpc) is 3.26. The van der Waals surface area contributed by atoms with Crippen molar-refractivity contribution in [3.05, 3.63) is 58.7 Å². The van der Waals surface area contributed by atoms with Gasteiger partial charge in [-0.3, -0.25) is 9.63 Å². The Hall–Kier alpha value is -2.34. The Morgan fingerprint density at radius 3 is 2.77 bits per heavy atom. The van der Waals surface area contributed by atoms with Crippen LogP contribution in [0.4, 0.5) is 0 Å². The fourth-order valence-electron chi connectivity index (χ4n) is 5.80. The summed E-state index contributed by atoms with van der Waals surface area (Å²) in [6.45, 7) is 2.78. The Bertz CT molecular complexity index is 1160. The zero-order valence-electron chi connectivity index (χ0n) is 17.1. The first-order valence-electron chi connectivity index (χ1n) is 10.6. The molecule has 0 aliphatic carbocycles. The quantitative estimate of drug-likeness (QED) is 0.626. The van der Waals surface area contributed by atoms with Crippen LogP contribution in [-0.2, 0) is 16.1 Å². The number of piperidine rings is 1. The standard InChI is InChI=1S/C24H24ClN3O2/c1-13-21-19(27(2)30-13)12-20-23-18(10-11-28(20)24(21)29)17-5-3-4-16(22(17)26-23)14-6-8-15(25)9-7-14/h3-9,13,19-21,26H,10-12H2,1-2H3/t13-,19-,20-,21-/m0/s1. The number of carbonyl (C=O) groups excluding carboxylic acids is 1. The number of nitrogens with one attached hydrogen (secondary N) is 1.